The summed E-state index contributed by atoms with van der Waals surface area (Å²) in [5, 5.41) is 4.03. The van der Waals surface area contributed by atoms with E-state index in [1.54, 1.807) is 12.1 Å². The van der Waals surface area contributed by atoms with E-state index in [1.807, 2.05) is 6.07 Å². The third kappa shape index (κ3) is 4.58. The van der Waals surface area contributed by atoms with E-state index in [9.17, 15) is 4.39 Å². The van der Waals surface area contributed by atoms with Crippen molar-refractivity contribution in [1.82, 2.24) is 5.16 Å². The van der Waals surface area contributed by atoms with Crippen LogP contribution in [0.1, 0.15) is 51.2 Å². The lowest BCUT2D eigenvalue weighted by Gasteiger charge is -2.02. The molecule has 1 aromatic heterocycles. The van der Waals surface area contributed by atoms with E-state index in [0.29, 0.717) is 11.3 Å². The molecule has 4 heteroatoms. The Hall–Kier alpha value is -1.84. The van der Waals surface area contributed by atoms with Gasteiger partial charge in [-0.2, -0.15) is 0 Å². The number of unbranched alkanes of at least 4 members (excludes halogenated alkanes) is 5. The molecule has 3 nitrogen and oxygen atoms in total. The molecule has 1 heterocycles. The molecule has 2 rings (SSSR count). The molecule has 0 fully saturated rings. The number of hydrogen-bond donors (Lipinski definition) is 0. The standard InChI is InChI=1S/C18H24FNO2/c1-3-4-5-6-7-8-9-15-13-17(20-22-15)14-10-11-18(21-2)16(19)12-14/h10-13H,3-9H2,1-2H3. The van der Waals surface area contributed by atoms with Crippen molar-refractivity contribution in [3.63, 3.8) is 0 Å². The van der Waals surface area contributed by atoms with E-state index < -0.39 is 0 Å². The zero-order chi connectivity index (χ0) is 15.8. The maximum Gasteiger partial charge on any atom is 0.165 e. The van der Waals surface area contributed by atoms with Gasteiger partial charge in [0.05, 0.1) is 7.11 Å². The Bertz CT molecular complexity index is 580. The number of hydrogen-bond acceptors (Lipinski definition) is 3. The van der Waals surface area contributed by atoms with Crippen LogP contribution in [-0.4, -0.2) is 12.3 Å². The summed E-state index contributed by atoms with van der Waals surface area (Å²) in [7, 11) is 1.45. The van der Waals surface area contributed by atoms with Gasteiger partial charge in [0.15, 0.2) is 11.6 Å². The summed E-state index contributed by atoms with van der Waals surface area (Å²) in [4.78, 5) is 0. The second-order valence-corrected chi connectivity index (χ2v) is 5.55. The fraction of sp³-hybridized carbons (Fsp3) is 0.500. The predicted molar refractivity (Wildman–Crippen MR) is 85.5 cm³/mol. The highest BCUT2D eigenvalue weighted by molar-refractivity contribution is 5.60. The van der Waals surface area contributed by atoms with Gasteiger partial charge in [0, 0.05) is 18.1 Å². The van der Waals surface area contributed by atoms with Gasteiger partial charge in [-0.25, -0.2) is 4.39 Å². The SMILES string of the molecule is CCCCCCCCc1cc(-c2ccc(OC)c(F)c2)no1. The first-order valence-corrected chi connectivity index (χ1v) is 8.04. The first-order valence-electron chi connectivity index (χ1n) is 8.04. The molecular weight excluding hydrogens is 281 g/mol. The normalized spacial score (nSPS) is 10.9. The quantitative estimate of drug-likeness (QED) is 0.582. The van der Waals surface area contributed by atoms with Crippen molar-refractivity contribution in [1.29, 1.82) is 0 Å². The smallest absolute Gasteiger partial charge is 0.165 e. The minimum absolute atomic E-state index is 0.236. The Morgan fingerprint density at radius 3 is 2.59 bits per heavy atom. The van der Waals surface area contributed by atoms with Gasteiger partial charge >= 0.3 is 0 Å². The van der Waals surface area contributed by atoms with Crippen LogP contribution in [0.5, 0.6) is 5.75 Å². The van der Waals surface area contributed by atoms with Crippen molar-refractivity contribution >= 4 is 0 Å². The summed E-state index contributed by atoms with van der Waals surface area (Å²) in [6.45, 7) is 2.22. The summed E-state index contributed by atoms with van der Waals surface area (Å²) >= 11 is 0. The van der Waals surface area contributed by atoms with Gasteiger partial charge in [0.25, 0.3) is 0 Å². The second-order valence-electron chi connectivity index (χ2n) is 5.55. The highest BCUT2D eigenvalue weighted by atomic mass is 19.1. The fourth-order valence-corrected chi connectivity index (χ4v) is 2.47. The van der Waals surface area contributed by atoms with E-state index in [1.165, 1.54) is 45.3 Å². The van der Waals surface area contributed by atoms with Crippen LogP contribution in [-0.2, 0) is 6.42 Å². The first-order chi connectivity index (χ1) is 10.7. The summed E-state index contributed by atoms with van der Waals surface area (Å²) in [6.07, 6.45) is 8.38. The van der Waals surface area contributed by atoms with Crippen LogP contribution >= 0.6 is 0 Å². The van der Waals surface area contributed by atoms with Crippen molar-refractivity contribution in [2.75, 3.05) is 7.11 Å². The van der Waals surface area contributed by atoms with Gasteiger partial charge in [0.2, 0.25) is 0 Å². The number of methoxy groups -OCH3 is 1. The van der Waals surface area contributed by atoms with Crippen molar-refractivity contribution in [2.24, 2.45) is 0 Å². The fourth-order valence-electron chi connectivity index (χ4n) is 2.47. The molecule has 0 aliphatic rings. The lowest BCUT2D eigenvalue weighted by atomic mass is 10.1. The molecule has 0 saturated carbocycles. The molecule has 0 saturated heterocycles. The number of aromatic nitrogens is 1. The minimum Gasteiger partial charge on any atom is -0.494 e. The van der Waals surface area contributed by atoms with E-state index in [2.05, 4.69) is 12.1 Å². The number of rotatable bonds is 9. The van der Waals surface area contributed by atoms with E-state index >= 15 is 0 Å². The lowest BCUT2D eigenvalue weighted by molar-refractivity contribution is 0.380. The molecule has 0 spiro atoms. The molecule has 1 aromatic carbocycles. The zero-order valence-electron chi connectivity index (χ0n) is 13.4. The average molecular weight is 305 g/mol. The Balaban J connectivity index is 1.87. The van der Waals surface area contributed by atoms with Crippen molar-refractivity contribution in [3.8, 4) is 17.0 Å². The Labute approximate surface area is 131 Å². The van der Waals surface area contributed by atoms with Crippen LogP contribution in [0, 0.1) is 5.82 Å². The highest BCUT2D eigenvalue weighted by Gasteiger charge is 2.10. The van der Waals surface area contributed by atoms with Gasteiger partial charge in [0.1, 0.15) is 11.5 Å². The van der Waals surface area contributed by atoms with Gasteiger partial charge in [-0.3, -0.25) is 0 Å². The van der Waals surface area contributed by atoms with Crippen LogP contribution in [0.3, 0.4) is 0 Å². The van der Waals surface area contributed by atoms with Crippen LogP contribution in [0.25, 0.3) is 11.3 Å². The highest BCUT2D eigenvalue weighted by Crippen LogP contribution is 2.25. The number of halogens is 1. The van der Waals surface area contributed by atoms with E-state index in [-0.39, 0.29) is 11.6 Å². The topological polar surface area (TPSA) is 35.3 Å². The van der Waals surface area contributed by atoms with E-state index in [4.69, 9.17) is 9.26 Å². The summed E-state index contributed by atoms with van der Waals surface area (Å²) in [5.41, 5.74) is 1.37. The monoisotopic (exact) mass is 305 g/mol. The molecule has 0 aliphatic carbocycles. The third-order valence-electron chi connectivity index (χ3n) is 3.78. The number of ether oxygens (including phenoxy) is 1. The van der Waals surface area contributed by atoms with Crippen molar-refractivity contribution < 1.29 is 13.7 Å². The average Bonchev–Trinajstić information content (AvgIpc) is 2.99. The lowest BCUT2D eigenvalue weighted by Crippen LogP contribution is -1.88. The van der Waals surface area contributed by atoms with Crippen LogP contribution in [0.2, 0.25) is 0 Å². The van der Waals surface area contributed by atoms with Crippen molar-refractivity contribution in [2.45, 2.75) is 51.9 Å². The molecule has 22 heavy (non-hydrogen) atoms. The molecule has 0 bridgehead atoms. The predicted octanol–water partition coefficient (Wildman–Crippen LogP) is 5.39. The third-order valence-corrected chi connectivity index (χ3v) is 3.78. The molecule has 0 aliphatic heterocycles. The Morgan fingerprint density at radius 1 is 1.09 bits per heavy atom. The van der Waals surface area contributed by atoms with Gasteiger partial charge in [-0.05, 0) is 24.6 Å². The summed E-state index contributed by atoms with van der Waals surface area (Å²) < 4.78 is 24.0. The first kappa shape index (κ1) is 16.5. The molecule has 0 amide bonds. The van der Waals surface area contributed by atoms with Gasteiger partial charge in [-0.15, -0.1) is 0 Å². The Morgan fingerprint density at radius 2 is 1.86 bits per heavy atom. The molecule has 120 valence electrons. The summed E-state index contributed by atoms with van der Waals surface area (Å²) in [5.74, 6) is 0.710. The van der Waals surface area contributed by atoms with E-state index in [0.717, 1.165) is 18.6 Å². The van der Waals surface area contributed by atoms with Crippen molar-refractivity contribution in [3.05, 3.63) is 35.8 Å². The molecule has 0 radical (unpaired) electrons. The molecule has 0 N–H and O–H groups in total. The van der Waals surface area contributed by atoms with Gasteiger partial charge in [-0.1, -0.05) is 44.2 Å². The number of aryl methyl sites for hydroxylation is 1. The molecule has 0 atom stereocenters. The minimum atomic E-state index is -0.388. The number of nitrogens with zero attached hydrogens (tertiary/aromatic N) is 1. The summed E-state index contributed by atoms with van der Waals surface area (Å²) in [6, 6.07) is 6.71. The van der Waals surface area contributed by atoms with Crippen LogP contribution < -0.4 is 4.74 Å². The molecular formula is C18H24FNO2. The van der Waals surface area contributed by atoms with Crippen LogP contribution in [0.4, 0.5) is 4.39 Å². The maximum absolute atomic E-state index is 13.7. The van der Waals surface area contributed by atoms with Gasteiger partial charge < -0.3 is 9.26 Å². The maximum atomic E-state index is 13.7. The second kappa shape index (κ2) is 8.57. The Kier molecular flexibility index (Phi) is 6.44. The zero-order valence-corrected chi connectivity index (χ0v) is 13.4. The molecule has 0 unspecified atom stereocenters. The van der Waals surface area contributed by atoms with Crippen LogP contribution in [0.15, 0.2) is 28.8 Å². The largest absolute Gasteiger partial charge is 0.494 e. The molecule has 2 aromatic rings. The number of benzene rings is 1.